The molecule has 1 heterocycles. The Bertz CT molecular complexity index is 2270. The van der Waals surface area contributed by atoms with Crippen molar-refractivity contribution in [1.29, 1.82) is 0 Å². The number of rotatable bonds is 16. The Morgan fingerprint density at radius 3 is 1.55 bits per heavy atom. The molecule has 0 aromatic heterocycles. The van der Waals surface area contributed by atoms with Crippen LogP contribution in [0.4, 0.5) is 25.0 Å². The van der Waals surface area contributed by atoms with Crippen molar-refractivity contribution in [3.05, 3.63) is 167 Å². The molecule has 11 nitrogen and oxygen atoms in total. The second-order valence-electron chi connectivity index (χ2n) is 13.2. The number of ether oxygens (including phenoxy) is 5. The molecule has 14 heteroatoms. The van der Waals surface area contributed by atoms with Gasteiger partial charge in [-0.15, -0.1) is 0 Å². The Labute approximate surface area is 402 Å². The number of anilines is 2. The standard InChI is InChI=1S/C24H22FNO4.C23H24FNO3.CH4.Ba.2H2O/c1-2-17-8-10-22(23(14-17)29-16-18-6-4-3-5-7-18)30-21-11-9-19(15-20(21)25)26-12-13-28-24(26)27;1-2-17-8-10-22(23(14-17)27-16-18-6-4-3-5-7-18)28-21-11-9-19(15-20(21)24)25-12-13-26;;;;/h3-11,14-15H,2,12-13,16H2,1H3;3-11,14-15,25-26H,2,12-13,16H2,1H3;1H4;;2*1H2/q;;;+2;;/p-2. The summed E-state index contributed by atoms with van der Waals surface area (Å²) in [5, 5.41) is 11.8. The first kappa shape index (κ1) is 53.0. The number of halogens is 2. The maximum atomic E-state index is 14.7. The van der Waals surface area contributed by atoms with Crippen molar-refractivity contribution in [2.75, 3.05) is 36.5 Å². The number of nitrogens with zero attached hydrogens (tertiary/aromatic N) is 1. The summed E-state index contributed by atoms with van der Waals surface area (Å²) >= 11 is 0. The van der Waals surface area contributed by atoms with Crippen LogP contribution in [0.15, 0.2) is 133 Å². The van der Waals surface area contributed by atoms with E-state index in [1.807, 2.05) is 84.9 Å². The van der Waals surface area contributed by atoms with Gasteiger partial charge in [-0.25, -0.2) is 13.6 Å². The number of nitrogens with one attached hydrogen (secondary N) is 1. The van der Waals surface area contributed by atoms with Crippen molar-refractivity contribution in [1.82, 2.24) is 0 Å². The molecule has 1 fully saturated rings. The van der Waals surface area contributed by atoms with Crippen molar-refractivity contribution in [3.8, 4) is 34.5 Å². The fourth-order valence-electron chi connectivity index (χ4n) is 5.91. The number of aliphatic hydroxyl groups is 1. The van der Waals surface area contributed by atoms with Crippen LogP contribution in [0.3, 0.4) is 0 Å². The quantitative estimate of drug-likeness (QED) is 0.0894. The minimum absolute atomic E-state index is 0. The van der Waals surface area contributed by atoms with Gasteiger partial charge in [-0.05, 0) is 83.6 Å². The molecule has 0 aliphatic carbocycles. The van der Waals surface area contributed by atoms with E-state index < -0.39 is 17.7 Å². The molecule has 62 heavy (non-hydrogen) atoms. The zero-order valence-corrected chi connectivity index (χ0v) is 38.5. The molecule has 7 rings (SSSR count). The number of benzene rings is 6. The van der Waals surface area contributed by atoms with E-state index in [2.05, 4.69) is 19.2 Å². The molecule has 0 saturated carbocycles. The van der Waals surface area contributed by atoms with E-state index in [0.29, 0.717) is 67.3 Å². The van der Waals surface area contributed by atoms with E-state index in [1.165, 1.54) is 23.1 Å². The van der Waals surface area contributed by atoms with Gasteiger partial charge in [0, 0.05) is 24.4 Å². The van der Waals surface area contributed by atoms with Crippen molar-refractivity contribution < 1.29 is 53.3 Å². The Morgan fingerprint density at radius 2 is 1.11 bits per heavy atom. The number of aryl methyl sites for hydroxylation is 2. The Morgan fingerprint density at radius 1 is 0.629 bits per heavy atom. The first-order chi connectivity index (χ1) is 28.3. The molecule has 0 bridgehead atoms. The van der Waals surface area contributed by atoms with Crippen LogP contribution in [0.2, 0.25) is 0 Å². The van der Waals surface area contributed by atoms with Gasteiger partial charge in [0.15, 0.2) is 46.1 Å². The molecule has 1 aliphatic heterocycles. The Kier molecular flexibility index (Phi) is 23.2. The summed E-state index contributed by atoms with van der Waals surface area (Å²) in [5.74, 6) is 1.12. The molecular weight excluding hydrogens is 924 g/mol. The largest absolute Gasteiger partial charge is 2.00 e. The molecule has 0 unspecified atom stereocenters. The number of carbonyl (C=O) groups excluding carboxylic acids is 1. The second-order valence-corrected chi connectivity index (χ2v) is 13.2. The third kappa shape index (κ3) is 15.1. The summed E-state index contributed by atoms with van der Waals surface area (Å²) in [4.78, 5) is 13.1. The summed E-state index contributed by atoms with van der Waals surface area (Å²) in [5.41, 5.74) is 5.29. The van der Waals surface area contributed by atoms with Crippen LogP contribution in [-0.2, 0) is 30.8 Å². The number of aliphatic hydroxyl groups excluding tert-OH is 1. The zero-order chi connectivity index (χ0) is 40.7. The average molecular weight is 976 g/mol. The zero-order valence-electron chi connectivity index (χ0n) is 34.1. The maximum Gasteiger partial charge on any atom is 2.00 e. The van der Waals surface area contributed by atoms with Gasteiger partial charge < -0.3 is 45.1 Å². The molecule has 6 aromatic rings. The molecule has 0 atom stereocenters. The Hall–Kier alpha value is -5.10. The van der Waals surface area contributed by atoms with Crippen LogP contribution < -0.4 is 29.2 Å². The van der Waals surface area contributed by atoms with Crippen LogP contribution >= 0.6 is 0 Å². The minimum Gasteiger partial charge on any atom is -0.870 e. The van der Waals surface area contributed by atoms with Crippen LogP contribution in [0.25, 0.3) is 0 Å². The first-order valence-corrected chi connectivity index (χ1v) is 19.2. The van der Waals surface area contributed by atoms with Gasteiger partial charge in [0.25, 0.3) is 0 Å². The van der Waals surface area contributed by atoms with Crippen LogP contribution in [0, 0.1) is 11.6 Å². The monoisotopic (exact) mass is 976 g/mol. The van der Waals surface area contributed by atoms with Gasteiger partial charge in [0.1, 0.15) is 19.8 Å². The summed E-state index contributed by atoms with van der Waals surface area (Å²) in [6, 6.07) is 40.0. The minimum atomic E-state index is -0.569. The van der Waals surface area contributed by atoms with E-state index in [1.54, 1.807) is 30.3 Å². The molecule has 1 saturated heterocycles. The smallest absolute Gasteiger partial charge is 0.870 e. The molecule has 0 radical (unpaired) electrons. The fraction of sp³-hybridized carbons (Fsp3) is 0.229. The molecule has 6 aromatic carbocycles. The number of hydrogen-bond donors (Lipinski definition) is 2. The molecule has 4 N–H and O–H groups in total. The fourth-order valence-corrected chi connectivity index (χ4v) is 5.91. The number of carbonyl (C=O) groups is 1. The number of amides is 1. The predicted octanol–water partition coefficient (Wildman–Crippen LogP) is 10.8. The SMILES string of the molecule is C.CCc1ccc(Oc2ccc(N3CCOC3=O)cc2F)c(OCc2ccccc2)c1.CCc1ccc(Oc2ccc(NCCO)cc2F)c(OCc2ccccc2)c1.[Ba+2].[OH-].[OH-]. The molecular formula is C48H52BaF2N2O9. The molecule has 324 valence electrons. The van der Waals surface area contributed by atoms with E-state index in [4.69, 9.17) is 28.8 Å². The predicted molar refractivity (Wildman–Crippen MR) is 237 cm³/mol. The van der Waals surface area contributed by atoms with Crippen LogP contribution in [0.1, 0.15) is 43.5 Å². The summed E-state index contributed by atoms with van der Waals surface area (Å²) in [6.07, 6.45) is 1.23. The summed E-state index contributed by atoms with van der Waals surface area (Å²) in [6.45, 7) is 5.92. The van der Waals surface area contributed by atoms with Gasteiger partial charge in [-0.1, -0.05) is 94.1 Å². The van der Waals surface area contributed by atoms with Gasteiger partial charge >= 0.3 is 55.0 Å². The average Bonchev–Trinajstić information content (AvgIpc) is 3.70. The maximum absolute atomic E-state index is 14.7. The normalized spacial score (nSPS) is 11.2. The van der Waals surface area contributed by atoms with Crippen molar-refractivity contribution in [3.63, 3.8) is 0 Å². The van der Waals surface area contributed by atoms with E-state index in [0.717, 1.165) is 35.1 Å². The third-order valence-electron chi connectivity index (χ3n) is 9.11. The van der Waals surface area contributed by atoms with Gasteiger partial charge in [0.2, 0.25) is 0 Å². The summed E-state index contributed by atoms with van der Waals surface area (Å²) < 4.78 is 57.6. The number of cyclic esters (lactones) is 1. The Balaban J connectivity index is 0.000000402. The van der Waals surface area contributed by atoms with Gasteiger partial charge in [-0.3, -0.25) is 4.90 Å². The van der Waals surface area contributed by atoms with Crippen molar-refractivity contribution in [2.45, 2.75) is 47.3 Å². The van der Waals surface area contributed by atoms with Crippen LogP contribution in [-0.4, -0.2) is 97.3 Å². The van der Waals surface area contributed by atoms with E-state index in [-0.39, 0.29) is 85.4 Å². The van der Waals surface area contributed by atoms with Gasteiger partial charge in [-0.2, -0.15) is 0 Å². The molecule has 1 amide bonds. The first-order valence-electron chi connectivity index (χ1n) is 19.2. The van der Waals surface area contributed by atoms with Crippen LogP contribution in [0.5, 0.6) is 34.5 Å². The van der Waals surface area contributed by atoms with Gasteiger partial charge in [0.05, 0.1) is 18.8 Å². The number of hydrogen-bond acceptors (Lipinski definition) is 10. The van der Waals surface area contributed by atoms with E-state index >= 15 is 0 Å². The second kappa shape index (κ2) is 27.1. The molecule has 1 aliphatic rings. The van der Waals surface area contributed by atoms with Crippen molar-refractivity contribution in [2.24, 2.45) is 0 Å². The van der Waals surface area contributed by atoms with Crippen molar-refractivity contribution >= 4 is 66.3 Å². The summed E-state index contributed by atoms with van der Waals surface area (Å²) in [7, 11) is 0. The third-order valence-corrected chi connectivity index (χ3v) is 9.11. The van der Waals surface area contributed by atoms with E-state index in [9.17, 15) is 13.6 Å². The topological polar surface area (TPSA) is 159 Å². The molecule has 0 spiro atoms.